The van der Waals surface area contributed by atoms with Crippen molar-refractivity contribution in [2.45, 2.75) is 56.4 Å². The first kappa shape index (κ1) is 12.8. The Hall–Kier alpha value is -0.200. The molecule has 0 amide bonds. The maximum Gasteiger partial charge on any atom is 0.184 e. The van der Waals surface area contributed by atoms with Crippen LogP contribution in [0.2, 0.25) is 0 Å². The van der Waals surface area contributed by atoms with E-state index in [4.69, 9.17) is 23.7 Å². The van der Waals surface area contributed by atoms with Gasteiger partial charge >= 0.3 is 0 Å². The third-order valence-electron chi connectivity index (χ3n) is 3.99. The first-order valence-electron chi connectivity index (χ1n) is 6.90. The highest BCUT2D eigenvalue weighted by Crippen LogP contribution is 2.31. The van der Waals surface area contributed by atoms with Crippen LogP contribution in [-0.2, 0) is 23.7 Å². The zero-order valence-electron chi connectivity index (χ0n) is 10.9. The molecule has 5 atom stereocenters. The second-order valence-electron chi connectivity index (χ2n) is 5.25. The molecule has 104 valence electrons. The van der Waals surface area contributed by atoms with Gasteiger partial charge in [-0.05, 0) is 19.3 Å². The lowest BCUT2D eigenvalue weighted by Gasteiger charge is -2.33. The highest BCUT2D eigenvalue weighted by atomic mass is 16.8. The monoisotopic (exact) mass is 258 g/mol. The van der Waals surface area contributed by atoms with E-state index in [1.807, 2.05) is 0 Å². The van der Waals surface area contributed by atoms with Crippen molar-refractivity contribution in [1.82, 2.24) is 0 Å². The van der Waals surface area contributed by atoms with E-state index < -0.39 is 0 Å². The van der Waals surface area contributed by atoms with E-state index in [0.717, 1.165) is 19.4 Å². The Kier molecular flexibility index (Phi) is 4.16. The summed E-state index contributed by atoms with van der Waals surface area (Å²) >= 11 is 0. The predicted octanol–water partition coefficient (Wildman–Crippen LogP) is 1.10. The van der Waals surface area contributed by atoms with Gasteiger partial charge in [0.2, 0.25) is 0 Å². The molecule has 3 saturated heterocycles. The number of hydrogen-bond donors (Lipinski definition) is 0. The summed E-state index contributed by atoms with van der Waals surface area (Å²) < 4.78 is 28.3. The van der Waals surface area contributed by atoms with Crippen molar-refractivity contribution in [3.63, 3.8) is 0 Å². The lowest BCUT2D eigenvalue weighted by molar-refractivity contribution is -0.204. The van der Waals surface area contributed by atoms with Crippen molar-refractivity contribution >= 4 is 0 Å². The fraction of sp³-hybridized carbons (Fsp3) is 1.00. The largest absolute Gasteiger partial charge is 0.376 e. The SMILES string of the molecule is CO[C@@H]1C[C@H](OCC2CCCCO2)[C@H]2COC1O2. The molecule has 5 heteroatoms. The number of fused-ring (bicyclic) bond motifs is 2. The fourth-order valence-electron chi connectivity index (χ4n) is 2.87. The van der Waals surface area contributed by atoms with Gasteiger partial charge in [-0.3, -0.25) is 0 Å². The van der Waals surface area contributed by atoms with Gasteiger partial charge in [0.15, 0.2) is 6.29 Å². The van der Waals surface area contributed by atoms with Gasteiger partial charge in [-0.1, -0.05) is 0 Å². The summed E-state index contributed by atoms with van der Waals surface area (Å²) in [7, 11) is 1.69. The quantitative estimate of drug-likeness (QED) is 0.755. The van der Waals surface area contributed by atoms with E-state index in [2.05, 4.69) is 0 Å². The average molecular weight is 258 g/mol. The first-order chi connectivity index (χ1) is 8.86. The summed E-state index contributed by atoms with van der Waals surface area (Å²) in [5.74, 6) is 0. The summed E-state index contributed by atoms with van der Waals surface area (Å²) in [6.45, 7) is 2.14. The second-order valence-corrected chi connectivity index (χ2v) is 5.25. The zero-order chi connectivity index (χ0) is 12.4. The van der Waals surface area contributed by atoms with Crippen molar-refractivity contribution in [2.24, 2.45) is 0 Å². The van der Waals surface area contributed by atoms with Crippen molar-refractivity contribution < 1.29 is 23.7 Å². The highest BCUT2D eigenvalue weighted by Gasteiger charge is 2.45. The van der Waals surface area contributed by atoms with Crippen LogP contribution in [0.25, 0.3) is 0 Å². The van der Waals surface area contributed by atoms with E-state index in [1.165, 1.54) is 12.8 Å². The van der Waals surface area contributed by atoms with Crippen LogP contribution in [0.1, 0.15) is 25.7 Å². The average Bonchev–Trinajstić information content (AvgIpc) is 2.84. The molecule has 5 nitrogen and oxygen atoms in total. The van der Waals surface area contributed by atoms with Gasteiger partial charge in [0, 0.05) is 20.1 Å². The van der Waals surface area contributed by atoms with Crippen LogP contribution < -0.4 is 0 Å². The van der Waals surface area contributed by atoms with Crippen LogP contribution in [-0.4, -0.2) is 57.6 Å². The molecular weight excluding hydrogens is 236 g/mol. The Balaban J connectivity index is 1.49. The molecule has 2 bridgehead atoms. The smallest absolute Gasteiger partial charge is 0.184 e. The topological polar surface area (TPSA) is 46.2 Å². The molecule has 0 aliphatic carbocycles. The van der Waals surface area contributed by atoms with E-state index in [0.29, 0.717) is 13.2 Å². The minimum Gasteiger partial charge on any atom is -0.376 e. The molecule has 3 heterocycles. The molecule has 0 spiro atoms. The Bertz CT molecular complexity index is 266. The minimum atomic E-state index is -0.203. The minimum absolute atomic E-state index is 0.0129. The van der Waals surface area contributed by atoms with Gasteiger partial charge < -0.3 is 23.7 Å². The van der Waals surface area contributed by atoms with Gasteiger partial charge in [0.25, 0.3) is 0 Å². The van der Waals surface area contributed by atoms with Gasteiger partial charge in [-0.25, -0.2) is 0 Å². The summed E-state index contributed by atoms with van der Waals surface area (Å²) in [4.78, 5) is 0. The van der Waals surface area contributed by atoms with Crippen LogP contribution in [0, 0.1) is 0 Å². The maximum atomic E-state index is 5.97. The van der Waals surface area contributed by atoms with Crippen LogP contribution in [0.4, 0.5) is 0 Å². The summed E-state index contributed by atoms with van der Waals surface area (Å²) in [5.41, 5.74) is 0. The van der Waals surface area contributed by atoms with E-state index in [-0.39, 0.29) is 30.7 Å². The maximum absolute atomic E-state index is 5.97. The van der Waals surface area contributed by atoms with E-state index in [9.17, 15) is 0 Å². The summed E-state index contributed by atoms with van der Waals surface area (Å²) in [6, 6.07) is 0. The summed E-state index contributed by atoms with van der Waals surface area (Å²) in [5, 5.41) is 0. The standard InChI is InChI=1S/C13H22O5/c1-14-11-6-10(12-8-17-13(11)18-12)16-7-9-4-2-3-5-15-9/h9-13H,2-8H2,1H3/t9?,10-,11+,12+,13?/m0/s1. The van der Waals surface area contributed by atoms with E-state index >= 15 is 0 Å². The van der Waals surface area contributed by atoms with Crippen molar-refractivity contribution in [3.8, 4) is 0 Å². The molecule has 18 heavy (non-hydrogen) atoms. The predicted molar refractivity (Wildman–Crippen MR) is 63.4 cm³/mol. The normalized spacial score (nSPS) is 44.2. The Morgan fingerprint density at radius 1 is 1.17 bits per heavy atom. The van der Waals surface area contributed by atoms with Crippen LogP contribution in [0.3, 0.4) is 0 Å². The molecule has 3 rings (SSSR count). The molecular formula is C13H22O5. The molecule has 0 N–H and O–H groups in total. The summed E-state index contributed by atoms with van der Waals surface area (Å²) in [6.07, 6.45) is 4.52. The Morgan fingerprint density at radius 2 is 2.11 bits per heavy atom. The number of hydrogen-bond acceptors (Lipinski definition) is 5. The number of rotatable bonds is 4. The third kappa shape index (κ3) is 2.70. The fourth-order valence-corrected chi connectivity index (χ4v) is 2.87. The molecule has 2 unspecified atom stereocenters. The molecule has 0 aromatic heterocycles. The highest BCUT2D eigenvalue weighted by molar-refractivity contribution is 4.87. The first-order valence-corrected chi connectivity index (χ1v) is 6.90. The lowest BCUT2D eigenvalue weighted by Crippen LogP contribution is -2.45. The molecule has 0 aromatic rings. The van der Waals surface area contributed by atoms with Crippen LogP contribution in [0.15, 0.2) is 0 Å². The lowest BCUT2D eigenvalue weighted by atomic mass is 10.0. The van der Waals surface area contributed by atoms with E-state index in [1.54, 1.807) is 7.11 Å². The third-order valence-corrected chi connectivity index (χ3v) is 3.99. The Labute approximate surface area is 108 Å². The zero-order valence-corrected chi connectivity index (χ0v) is 10.9. The molecule has 0 saturated carbocycles. The number of methoxy groups -OCH3 is 1. The Morgan fingerprint density at radius 3 is 2.89 bits per heavy atom. The van der Waals surface area contributed by atoms with Gasteiger partial charge in [0.1, 0.15) is 12.2 Å². The van der Waals surface area contributed by atoms with Gasteiger partial charge in [-0.2, -0.15) is 0 Å². The molecule has 0 radical (unpaired) electrons. The van der Waals surface area contributed by atoms with Gasteiger partial charge in [0.05, 0.1) is 25.4 Å². The van der Waals surface area contributed by atoms with Crippen LogP contribution >= 0.6 is 0 Å². The van der Waals surface area contributed by atoms with Crippen LogP contribution in [0.5, 0.6) is 0 Å². The van der Waals surface area contributed by atoms with Gasteiger partial charge in [-0.15, -0.1) is 0 Å². The van der Waals surface area contributed by atoms with Crippen molar-refractivity contribution in [2.75, 3.05) is 26.9 Å². The second kappa shape index (κ2) is 5.84. The molecule has 3 aliphatic rings. The van der Waals surface area contributed by atoms with Crippen molar-refractivity contribution in [3.05, 3.63) is 0 Å². The van der Waals surface area contributed by atoms with Crippen molar-refractivity contribution in [1.29, 1.82) is 0 Å². The molecule has 3 fully saturated rings. The number of ether oxygens (including phenoxy) is 5. The molecule has 3 aliphatic heterocycles. The molecule has 0 aromatic carbocycles.